The lowest BCUT2D eigenvalue weighted by Crippen LogP contribution is -2.19. The van der Waals surface area contributed by atoms with Crippen molar-refractivity contribution in [2.24, 2.45) is 0 Å². The summed E-state index contributed by atoms with van der Waals surface area (Å²) in [7, 11) is 0. The third kappa shape index (κ3) is 3.30. The summed E-state index contributed by atoms with van der Waals surface area (Å²) in [6, 6.07) is 6.69. The summed E-state index contributed by atoms with van der Waals surface area (Å²) in [4.78, 5) is 11.7. The number of anilines is 1. The van der Waals surface area contributed by atoms with Crippen molar-refractivity contribution in [2.45, 2.75) is 12.2 Å². The smallest absolute Gasteiger partial charge is 0.416 e. The largest absolute Gasteiger partial charge is 0.479 e. The molecule has 3 nitrogen and oxygen atoms in total. The van der Waals surface area contributed by atoms with E-state index < -0.39 is 23.8 Å². The maximum atomic E-state index is 12.6. The van der Waals surface area contributed by atoms with Gasteiger partial charge in [-0.1, -0.05) is 12.1 Å². The lowest BCUT2D eigenvalue weighted by molar-refractivity contribution is -0.138. The van der Waals surface area contributed by atoms with Gasteiger partial charge >= 0.3 is 12.1 Å². The van der Waals surface area contributed by atoms with E-state index in [4.69, 9.17) is 5.11 Å². The van der Waals surface area contributed by atoms with E-state index in [1.54, 1.807) is 17.5 Å². The van der Waals surface area contributed by atoms with E-state index in [0.29, 0.717) is 4.88 Å². The predicted molar refractivity (Wildman–Crippen MR) is 69.8 cm³/mol. The quantitative estimate of drug-likeness (QED) is 0.897. The van der Waals surface area contributed by atoms with E-state index in [9.17, 15) is 18.0 Å². The Bertz CT molecular complexity index is 596. The molecule has 7 heteroatoms. The number of rotatable bonds is 4. The molecule has 0 spiro atoms. The molecule has 2 N–H and O–H groups in total. The van der Waals surface area contributed by atoms with Crippen LogP contribution < -0.4 is 5.32 Å². The molecular weight excluding hydrogens is 291 g/mol. The van der Waals surface area contributed by atoms with Gasteiger partial charge in [-0.3, -0.25) is 0 Å². The van der Waals surface area contributed by atoms with Crippen LogP contribution in [0.1, 0.15) is 16.5 Å². The van der Waals surface area contributed by atoms with Gasteiger partial charge < -0.3 is 10.4 Å². The topological polar surface area (TPSA) is 49.3 Å². The number of hydrogen-bond acceptors (Lipinski definition) is 3. The molecule has 2 rings (SSSR count). The molecule has 1 atom stereocenters. The lowest BCUT2D eigenvalue weighted by Gasteiger charge is -2.15. The first-order valence-electron chi connectivity index (χ1n) is 5.58. The number of carboxylic acids is 1. The van der Waals surface area contributed by atoms with E-state index in [1.807, 2.05) is 0 Å². The summed E-state index contributed by atoms with van der Waals surface area (Å²) in [5.74, 6) is -1.15. The molecule has 1 unspecified atom stereocenters. The van der Waals surface area contributed by atoms with Crippen molar-refractivity contribution in [3.05, 3.63) is 52.2 Å². The van der Waals surface area contributed by atoms with Crippen molar-refractivity contribution < 1.29 is 23.1 Å². The molecule has 1 aromatic heterocycles. The highest BCUT2D eigenvalue weighted by molar-refractivity contribution is 7.10. The molecule has 0 amide bonds. The van der Waals surface area contributed by atoms with E-state index in [1.165, 1.54) is 23.5 Å². The molecule has 2 aromatic rings. The van der Waals surface area contributed by atoms with Crippen LogP contribution in [0.4, 0.5) is 18.9 Å². The Morgan fingerprint density at radius 1 is 1.25 bits per heavy atom. The van der Waals surface area contributed by atoms with Gasteiger partial charge in [0.25, 0.3) is 0 Å². The molecule has 1 aromatic carbocycles. The van der Waals surface area contributed by atoms with Crippen LogP contribution in [0.3, 0.4) is 0 Å². The number of nitrogens with one attached hydrogen (secondary N) is 1. The number of thiophene rings is 1. The maximum absolute atomic E-state index is 12.6. The molecule has 0 aliphatic carbocycles. The highest BCUT2D eigenvalue weighted by Gasteiger charge is 2.31. The molecule has 0 aliphatic heterocycles. The zero-order chi connectivity index (χ0) is 14.8. The first kappa shape index (κ1) is 14.4. The van der Waals surface area contributed by atoms with Gasteiger partial charge in [-0.2, -0.15) is 13.2 Å². The molecule has 0 aliphatic rings. The van der Waals surface area contributed by atoms with Crippen LogP contribution >= 0.6 is 11.3 Å². The van der Waals surface area contributed by atoms with Crippen LogP contribution in [0, 0.1) is 0 Å². The minimum atomic E-state index is -4.46. The Hall–Kier alpha value is -2.02. The second-order valence-corrected chi connectivity index (χ2v) is 4.99. The summed E-state index contributed by atoms with van der Waals surface area (Å²) in [5, 5.41) is 13.5. The Labute approximate surface area is 116 Å². The molecule has 0 saturated heterocycles. The highest BCUT2D eigenvalue weighted by atomic mass is 32.1. The fourth-order valence-electron chi connectivity index (χ4n) is 1.66. The second-order valence-electron chi connectivity index (χ2n) is 4.01. The van der Waals surface area contributed by atoms with Crippen LogP contribution in [0.15, 0.2) is 41.8 Å². The zero-order valence-corrected chi connectivity index (χ0v) is 10.8. The number of benzene rings is 1. The minimum Gasteiger partial charge on any atom is -0.479 e. The van der Waals surface area contributed by atoms with Crippen LogP contribution in [0.2, 0.25) is 0 Å². The summed E-state index contributed by atoms with van der Waals surface area (Å²) < 4.78 is 37.8. The minimum absolute atomic E-state index is 0.112. The molecule has 106 valence electrons. The Morgan fingerprint density at radius 2 is 2.00 bits per heavy atom. The van der Waals surface area contributed by atoms with E-state index >= 15 is 0 Å². The third-order valence-electron chi connectivity index (χ3n) is 2.58. The molecule has 20 heavy (non-hydrogen) atoms. The van der Waals surface area contributed by atoms with Crippen molar-refractivity contribution in [2.75, 3.05) is 5.32 Å². The second kappa shape index (κ2) is 5.54. The maximum Gasteiger partial charge on any atom is 0.416 e. The fraction of sp³-hybridized carbons (Fsp3) is 0.154. The van der Waals surface area contributed by atoms with Crippen LogP contribution in [-0.2, 0) is 11.0 Å². The van der Waals surface area contributed by atoms with Gasteiger partial charge in [0.05, 0.1) is 5.56 Å². The van der Waals surface area contributed by atoms with Crippen molar-refractivity contribution >= 4 is 23.0 Å². The van der Waals surface area contributed by atoms with Gasteiger partial charge in [0, 0.05) is 10.6 Å². The summed E-state index contributed by atoms with van der Waals surface area (Å²) in [6.45, 7) is 0. The Morgan fingerprint density at radius 3 is 2.55 bits per heavy atom. The number of carbonyl (C=O) groups is 1. The Kier molecular flexibility index (Phi) is 3.99. The molecule has 1 heterocycles. The number of alkyl halides is 3. The number of halogens is 3. The van der Waals surface area contributed by atoms with Gasteiger partial charge in [-0.05, 0) is 29.6 Å². The highest BCUT2D eigenvalue weighted by Crippen LogP contribution is 2.32. The zero-order valence-electron chi connectivity index (χ0n) is 10.0. The normalized spacial score (nSPS) is 12.9. The van der Waals surface area contributed by atoms with Gasteiger partial charge in [0.15, 0.2) is 6.04 Å². The van der Waals surface area contributed by atoms with Crippen molar-refractivity contribution in [3.8, 4) is 0 Å². The summed E-state index contributed by atoms with van der Waals surface area (Å²) in [5.41, 5.74) is -0.710. The molecular formula is C13H10F3NO2S. The van der Waals surface area contributed by atoms with Crippen LogP contribution in [0.5, 0.6) is 0 Å². The number of carboxylic acid groups (broad SMARTS) is 1. The summed E-state index contributed by atoms with van der Waals surface area (Å²) in [6.07, 6.45) is -4.46. The SMILES string of the molecule is O=C(O)C(Nc1cccc(C(F)(F)F)c1)c1cccs1. The first-order valence-corrected chi connectivity index (χ1v) is 6.46. The van der Waals surface area contributed by atoms with Gasteiger partial charge in [0.1, 0.15) is 0 Å². The first-order chi connectivity index (χ1) is 9.38. The average Bonchev–Trinajstić information content (AvgIpc) is 2.88. The van der Waals surface area contributed by atoms with Crippen LogP contribution in [-0.4, -0.2) is 11.1 Å². The summed E-state index contributed by atoms with van der Waals surface area (Å²) >= 11 is 1.22. The number of aliphatic carboxylic acids is 1. The van der Waals surface area contributed by atoms with E-state index in [-0.39, 0.29) is 5.69 Å². The predicted octanol–water partition coefficient (Wildman–Crippen LogP) is 4.00. The molecule has 0 radical (unpaired) electrons. The van der Waals surface area contributed by atoms with E-state index in [2.05, 4.69) is 5.32 Å². The van der Waals surface area contributed by atoms with Crippen LogP contribution in [0.25, 0.3) is 0 Å². The standard InChI is InChI=1S/C13H10F3NO2S/c14-13(15,16)8-3-1-4-9(7-8)17-11(12(18)19)10-5-2-6-20-10/h1-7,11,17H,(H,18,19). The monoisotopic (exact) mass is 301 g/mol. The van der Waals surface area contributed by atoms with Gasteiger partial charge in [-0.25, -0.2) is 4.79 Å². The lowest BCUT2D eigenvalue weighted by atomic mass is 10.1. The third-order valence-corrected chi connectivity index (χ3v) is 3.51. The average molecular weight is 301 g/mol. The van der Waals surface area contributed by atoms with Gasteiger partial charge in [-0.15, -0.1) is 11.3 Å². The molecule has 0 saturated carbocycles. The molecule has 0 fully saturated rings. The fourth-order valence-corrected chi connectivity index (χ4v) is 2.43. The van der Waals surface area contributed by atoms with Crippen molar-refractivity contribution in [3.63, 3.8) is 0 Å². The van der Waals surface area contributed by atoms with Crippen molar-refractivity contribution in [1.29, 1.82) is 0 Å². The van der Waals surface area contributed by atoms with Crippen molar-refractivity contribution in [1.82, 2.24) is 0 Å². The van der Waals surface area contributed by atoms with Gasteiger partial charge in [0.2, 0.25) is 0 Å². The number of hydrogen-bond donors (Lipinski definition) is 2. The molecule has 0 bridgehead atoms. The van der Waals surface area contributed by atoms with E-state index in [0.717, 1.165) is 12.1 Å². The Balaban J connectivity index is 2.26.